The summed E-state index contributed by atoms with van der Waals surface area (Å²) in [6, 6.07) is 14.6. The third-order valence-corrected chi connectivity index (χ3v) is 3.99. The molecule has 88 valence electrons. The van der Waals surface area contributed by atoms with Crippen molar-refractivity contribution in [1.82, 2.24) is 0 Å². The molecule has 2 aromatic rings. The van der Waals surface area contributed by atoms with Crippen molar-refractivity contribution in [2.45, 2.75) is 23.6 Å². The van der Waals surface area contributed by atoms with Gasteiger partial charge in [0.1, 0.15) is 5.75 Å². The molecule has 0 unspecified atom stereocenters. The molecule has 2 rings (SSSR count). The average molecular weight is 244 g/mol. The highest BCUT2D eigenvalue weighted by molar-refractivity contribution is 7.99. The van der Waals surface area contributed by atoms with Gasteiger partial charge in [-0.25, -0.2) is 0 Å². The van der Waals surface area contributed by atoms with E-state index >= 15 is 0 Å². The molecular weight excluding hydrogens is 228 g/mol. The van der Waals surface area contributed by atoms with Gasteiger partial charge in [0.25, 0.3) is 0 Å². The zero-order valence-corrected chi connectivity index (χ0v) is 11.2. The van der Waals surface area contributed by atoms with Gasteiger partial charge in [-0.1, -0.05) is 30.0 Å². The lowest BCUT2D eigenvalue weighted by Gasteiger charge is -2.11. The minimum absolute atomic E-state index is 0.928. The topological polar surface area (TPSA) is 9.23 Å². The predicted octanol–water partition coefficient (Wildman–Crippen LogP) is 4.46. The molecule has 2 heteroatoms. The van der Waals surface area contributed by atoms with E-state index in [0.29, 0.717) is 0 Å². The molecule has 0 aliphatic rings. The fourth-order valence-corrected chi connectivity index (χ4v) is 2.76. The summed E-state index contributed by atoms with van der Waals surface area (Å²) in [5, 5.41) is 0. The zero-order chi connectivity index (χ0) is 12.3. The maximum Gasteiger partial charge on any atom is 0.119 e. The average Bonchev–Trinajstić information content (AvgIpc) is 2.35. The van der Waals surface area contributed by atoms with Gasteiger partial charge in [-0.05, 0) is 49.2 Å². The van der Waals surface area contributed by atoms with Crippen molar-refractivity contribution in [2.75, 3.05) is 7.11 Å². The molecule has 0 fully saturated rings. The van der Waals surface area contributed by atoms with Crippen molar-refractivity contribution in [2.24, 2.45) is 0 Å². The monoisotopic (exact) mass is 244 g/mol. The van der Waals surface area contributed by atoms with E-state index in [1.165, 1.54) is 20.9 Å². The zero-order valence-electron chi connectivity index (χ0n) is 10.4. The minimum atomic E-state index is 0.928. The number of rotatable bonds is 3. The molecule has 0 aromatic heterocycles. The van der Waals surface area contributed by atoms with Gasteiger partial charge in [-0.2, -0.15) is 0 Å². The standard InChI is InChI=1S/C15H16OS/c1-11-9-13(16-3)10-12(2)15(11)17-14-7-5-4-6-8-14/h4-10H,1-3H3. The first-order valence-electron chi connectivity index (χ1n) is 5.59. The van der Waals surface area contributed by atoms with Crippen LogP contribution in [0.1, 0.15) is 11.1 Å². The first kappa shape index (κ1) is 12.1. The Bertz CT molecular complexity index is 483. The maximum atomic E-state index is 5.27. The number of hydrogen-bond acceptors (Lipinski definition) is 2. The molecule has 0 spiro atoms. The number of hydrogen-bond donors (Lipinski definition) is 0. The first-order valence-corrected chi connectivity index (χ1v) is 6.40. The molecule has 0 aliphatic carbocycles. The summed E-state index contributed by atoms with van der Waals surface area (Å²) in [5.41, 5.74) is 2.52. The molecule has 0 atom stereocenters. The minimum Gasteiger partial charge on any atom is -0.497 e. The van der Waals surface area contributed by atoms with Crippen LogP contribution in [0.2, 0.25) is 0 Å². The first-order chi connectivity index (χ1) is 8.20. The Morgan fingerprint density at radius 1 is 0.941 bits per heavy atom. The van der Waals surface area contributed by atoms with Crippen LogP contribution in [0.5, 0.6) is 5.75 Å². The van der Waals surface area contributed by atoms with Crippen LogP contribution < -0.4 is 4.74 Å². The number of ether oxygens (including phenoxy) is 1. The summed E-state index contributed by atoms with van der Waals surface area (Å²) in [7, 11) is 1.71. The highest BCUT2D eigenvalue weighted by atomic mass is 32.2. The van der Waals surface area contributed by atoms with Crippen LogP contribution in [0.15, 0.2) is 52.3 Å². The van der Waals surface area contributed by atoms with Crippen LogP contribution in [0, 0.1) is 13.8 Å². The highest BCUT2D eigenvalue weighted by Gasteiger charge is 2.07. The third-order valence-electron chi connectivity index (χ3n) is 2.63. The van der Waals surface area contributed by atoms with Gasteiger partial charge in [-0.15, -0.1) is 0 Å². The second kappa shape index (κ2) is 5.28. The summed E-state index contributed by atoms with van der Waals surface area (Å²) in [4.78, 5) is 2.58. The van der Waals surface area contributed by atoms with Crippen molar-refractivity contribution in [3.05, 3.63) is 53.6 Å². The number of benzene rings is 2. The molecule has 17 heavy (non-hydrogen) atoms. The molecule has 0 amide bonds. The lowest BCUT2D eigenvalue weighted by atomic mass is 10.1. The molecule has 2 aromatic carbocycles. The summed E-state index contributed by atoms with van der Waals surface area (Å²) in [6.07, 6.45) is 0. The van der Waals surface area contributed by atoms with Crippen molar-refractivity contribution < 1.29 is 4.74 Å². The van der Waals surface area contributed by atoms with E-state index in [1.54, 1.807) is 18.9 Å². The van der Waals surface area contributed by atoms with E-state index in [0.717, 1.165) is 5.75 Å². The number of aryl methyl sites for hydroxylation is 2. The van der Waals surface area contributed by atoms with Crippen molar-refractivity contribution in [1.29, 1.82) is 0 Å². The van der Waals surface area contributed by atoms with E-state index in [9.17, 15) is 0 Å². The molecule has 0 saturated heterocycles. The Morgan fingerprint density at radius 2 is 1.53 bits per heavy atom. The molecule has 0 radical (unpaired) electrons. The van der Waals surface area contributed by atoms with Crippen molar-refractivity contribution in [3.63, 3.8) is 0 Å². The van der Waals surface area contributed by atoms with E-state index in [4.69, 9.17) is 4.74 Å². The Labute approximate surface area is 107 Å². The van der Waals surface area contributed by atoms with E-state index < -0.39 is 0 Å². The van der Waals surface area contributed by atoms with Crippen molar-refractivity contribution >= 4 is 11.8 Å². The second-order valence-electron chi connectivity index (χ2n) is 4.01. The lowest BCUT2D eigenvalue weighted by molar-refractivity contribution is 0.413. The van der Waals surface area contributed by atoms with E-state index in [-0.39, 0.29) is 0 Å². The normalized spacial score (nSPS) is 10.3. The maximum absolute atomic E-state index is 5.27. The highest BCUT2D eigenvalue weighted by Crippen LogP contribution is 2.34. The van der Waals surface area contributed by atoms with Gasteiger partial charge in [0, 0.05) is 9.79 Å². The van der Waals surface area contributed by atoms with Gasteiger partial charge in [0.2, 0.25) is 0 Å². The molecule has 0 aliphatic heterocycles. The van der Waals surface area contributed by atoms with Gasteiger partial charge < -0.3 is 4.74 Å². The van der Waals surface area contributed by atoms with Crippen LogP contribution in [0.25, 0.3) is 0 Å². The van der Waals surface area contributed by atoms with Gasteiger partial charge in [-0.3, -0.25) is 0 Å². The summed E-state index contributed by atoms with van der Waals surface area (Å²) in [6.45, 7) is 4.25. The smallest absolute Gasteiger partial charge is 0.119 e. The molecule has 1 nitrogen and oxygen atoms in total. The second-order valence-corrected chi connectivity index (χ2v) is 5.09. The Hall–Kier alpha value is -1.41. The fraction of sp³-hybridized carbons (Fsp3) is 0.200. The fourth-order valence-electron chi connectivity index (χ4n) is 1.80. The van der Waals surface area contributed by atoms with Crippen molar-refractivity contribution in [3.8, 4) is 5.75 Å². The predicted molar refractivity (Wildman–Crippen MR) is 73.0 cm³/mol. The van der Waals surface area contributed by atoms with Gasteiger partial charge in [0.05, 0.1) is 7.11 Å². The van der Waals surface area contributed by atoms with Crippen LogP contribution in [-0.4, -0.2) is 7.11 Å². The summed E-state index contributed by atoms with van der Waals surface area (Å²) >= 11 is 1.80. The third kappa shape index (κ3) is 2.83. The SMILES string of the molecule is COc1cc(C)c(Sc2ccccc2)c(C)c1. The van der Waals surface area contributed by atoms with Crippen LogP contribution >= 0.6 is 11.8 Å². The molecular formula is C15H16OS. The van der Waals surface area contributed by atoms with Crippen LogP contribution in [0.4, 0.5) is 0 Å². The summed E-state index contributed by atoms with van der Waals surface area (Å²) < 4.78 is 5.27. The van der Waals surface area contributed by atoms with Gasteiger partial charge in [0.15, 0.2) is 0 Å². The Balaban J connectivity index is 2.33. The number of methoxy groups -OCH3 is 1. The Kier molecular flexibility index (Phi) is 3.75. The molecule has 0 heterocycles. The lowest BCUT2D eigenvalue weighted by Crippen LogP contribution is -1.89. The van der Waals surface area contributed by atoms with Gasteiger partial charge >= 0.3 is 0 Å². The van der Waals surface area contributed by atoms with E-state index in [2.05, 4.69) is 50.2 Å². The largest absolute Gasteiger partial charge is 0.497 e. The van der Waals surface area contributed by atoms with E-state index in [1.807, 2.05) is 6.07 Å². The Morgan fingerprint density at radius 3 is 2.06 bits per heavy atom. The van der Waals surface area contributed by atoms with Crippen LogP contribution in [-0.2, 0) is 0 Å². The summed E-state index contributed by atoms with van der Waals surface area (Å²) in [5.74, 6) is 0.928. The molecule has 0 saturated carbocycles. The quantitative estimate of drug-likeness (QED) is 0.788. The molecule has 0 bridgehead atoms. The van der Waals surface area contributed by atoms with Crippen LogP contribution in [0.3, 0.4) is 0 Å². The molecule has 0 N–H and O–H groups in total.